The summed E-state index contributed by atoms with van der Waals surface area (Å²) in [6, 6.07) is 12.8. The molecule has 1 atom stereocenters. The lowest BCUT2D eigenvalue weighted by Crippen LogP contribution is -2.40. The van der Waals surface area contributed by atoms with Crippen molar-refractivity contribution in [2.75, 3.05) is 0 Å². The van der Waals surface area contributed by atoms with Gasteiger partial charge < -0.3 is 9.73 Å². The zero-order valence-electron chi connectivity index (χ0n) is 15.2. The molecule has 0 bridgehead atoms. The third kappa shape index (κ3) is 3.01. The molecule has 0 fully saturated rings. The van der Waals surface area contributed by atoms with Crippen LogP contribution in [0, 0.1) is 6.92 Å². The van der Waals surface area contributed by atoms with E-state index in [9.17, 15) is 9.59 Å². The number of hydrogen-bond donors (Lipinski definition) is 1. The maximum atomic E-state index is 13.0. The van der Waals surface area contributed by atoms with Crippen molar-refractivity contribution in [1.29, 1.82) is 0 Å². The summed E-state index contributed by atoms with van der Waals surface area (Å²) < 4.78 is 8.18. The molecular weight excluding hydrogens is 344 g/mol. The summed E-state index contributed by atoms with van der Waals surface area (Å²) in [5.74, 6) is -0.0528. The Bertz CT molecular complexity index is 1170. The number of para-hydroxylation sites is 1. The predicted octanol–water partition coefficient (Wildman–Crippen LogP) is 2.76. The van der Waals surface area contributed by atoms with Crippen LogP contribution in [0.3, 0.4) is 0 Å². The molecule has 7 nitrogen and oxygen atoms in total. The molecule has 0 aliphatic rings. The Morgan fingerprint density at radius 3 is 2.81 bits per heavy atom. The number of fused-ring (bicyclic) bond motifs is 3. The SMILES string of the molecule is CC[C@@H](Cn1nc2c(C)cc3ccccc3n2c1=O)NC(=O)c1ccco1. The fourth-order valence-electron chi connectivity index (χ4n) is 3.26. The van der Waals surface area contributed by atoms with Gasteiger partial charge in [-0.15, -0.1) is 5.10 Å². The van der Waals surface area contributed by atoms with Crippen molar-refractivity contribution in [3.05, 3.63) is 70.5 Å². The molecule has 3 aromatic heterocycles. The highest BCUT2D eigenvalue weighted by molar-refractivity contribution is 5.91. The predicted molar refractivity (Wildman–Crippen MR) is 102 cm³/mol. The molecule has 0 unspecified atom stereocenters. The van der Waals surface area contributed by atoms with Crippen molar-refractivity contribution >= 4 is 22.5 Å². The molecule has 4 aromatic rings. The molecule has 0 saturated carbocycles. The van der Waals surface area contributed by atoms with Crippen molar-refractivity contribution in [2.24, 2.45) is 0 Å². The van der Waals surface area contributed by atoms with Crippen LogP contribution in [-0.2, 0) is 6.54 Å². The summed E-state index contributed by atoms with van der Waals surface area (Å²) >= 11 is 0. The molecule has 138 valence electrons. The number of nitrogens with zero attached hydrogens (tertiary/aromatic N) is 3. The zero-order chi connectivity index (χ0) is 19.0. The summed E-state index contributed by atoms with van der Waals surface area (Å²) in [7, 11) is 0. The van der Waals surface area contributed by atoms with E-state index < -0.39 is 0 Å². The number of pyridine rings is 1. The second-order valence-electron chi connectivity index (χ2n) is 6.57. The molecule has 7 heteroatoms. The maximum Gasteiger partial charge on any atom is 0.350 e. The third-order valence-corrected chi connectivity index (χ3v) is 4.71. The van der Waals surface area contributed by atoms with Crippen LogP contribution < -0.4 is 11.0 Å². The van der Waals surface area contributed by atoms with Crippen LogP contribution in [0.4, 0.5) is 0 Å². The molecule has 0 aliphatic carbocycles. The van der Waals surface area contributed by atoms with Gasteiger partial charge in [0.15, 0.2) is 11.4 Å². The van der Waals surface area contributed by atoms with Gasteiger partial charge in [-0.1, -0.05) is 25.1 Å². The maximum absolute atomic E-state index is 13.0. The smallest absolute Gasteiger partial charge is 0.350 e. The average molecular weight is 364 g/mol. The molecule has 1 amide bonds. The first kappa shape index (κ1) is 17.1. The molecule has 0 radical (unpaired) electrons. The lowest BCUT2D eigenvalue weighted by Gasteiger charge is -2.15. The molecule has 1 aromatic carbocycles. The highest BCUT2D eigenvalue weighted by atomic mass is 16.3. The van der Waals surface area contributed by atoms with Gasteiger partial charge in [0.1, 0.15) is 0 Å². The molecule has 27 heavy (non-hydrogen) atoms. The van der Waals surface area contributed by atoms with E-state index in [0.29, 0.717) is 12.1 Å². The summed E-state index contributed by atoms with van der Waals surface area (Å²) in [6.45, 7) is 4.18. The first-order valence-electron chi connectivity index (χ1n) is 8.90. The van der Waals surface area contributed by atoms with Gasteiger partial charge in [-0.3, -0.25) is 4.79 Å². The minimum absolute atomic E-state index is 0.212. The first-order chi connectivity index (χ1) is 13.1. The third-order valence-electron chi connectivity index (χ3n) is 4.71. The van der Waals surface area contributed by atoms with Crippen LogP contribution in [0.15, 0.2) is 57.9 Å². The number of carbonyl (C=O) groups excluding carboxylic acids is 1. The van der Waals surface area contributed by atoms with Crippen molar-refractivity contribution in [2.45, 2.75) is 32.9 Å². The fourth-order valence-corrected chi connectivity index (χ4v) is 3.26. The van der Waals surface area contributed by atoms with Crippen LogP contribution in [0.2, 0.25) is 0 Å². The van der Waals surface area contributed by atoms with E-state index in [2.05, 4.69) is 10.4 Å². The van der Waals surface area contributed by atoms with Gasteiger partial charge in [-0.25, -0.2) is 13.9 Å². The standard InChI is InChI=1S/C20H20N4O3/c1-3-15(21-19(25)17-9-6-10-27-17)12-23-20(26)24-16-8-5-4-7-14(16)11-13(2)18(24)22-23/h4-11,15H,3,12H2,1-2H3,(H,21,25)/t15-/m0/s1. The Kier molecular flexibility index (Phi) is 4.27. The zero-order valence-corrected chi connectivity index (χ0v) is 15.2. The Labute approximate surface area is 155 Å². The number of carbonyl (C=O) groups is 1. The van der Waals surface area contributed by atoms with Gasteiger partial charge in [-0.2, -0.15) is 0 Å². The van der Waals surface area contributed by atoms with Gasteiger partial charge in [0.05, 0.1) is 18.3 Å². The van der Waals surface area contributed by atoms with Crippen molar-refractivity contribution in [1.82, 2.24) is 19.5 Å². The van der Waals surface area contributed by atoms with Crippen LogP contribution in [0.25, 0.3) is 16.6 Å². The van der Waals surface area contributed by atoms with E-state index in [0.717, 1.165) is 16.5 Å². The number of benzene rings is 1. The summed E-state index contributed by atoms with van der Waals surface area (Å²) in [5, 5.41) is 8.40. The van der Waals surface area contributed by atoms with Crippen LogP contribution in [-0.4, -0.2) is 26.1 Å². The molecule has 0 spiro atoms. The molecule has 3 heterocycles. The molecular formula is C20H20N4O3. The fraction of sp³-hybridized carbons (Fsp3) is 0.250. The summed E-state index contributed by atoms with van der Waals surface area (Å²) in [4.78, 5) is 25.2. The summed E-state index contributed by atoms with van der Waals surface area (Å²) in [6.07, 6.45) is 2.11. The van der Waals surface area contributed by atoms with Crippen LogP contribution >= 0.6 is 0 Å². The Morgan fingerprint density at radius 1 is 1.26 bits per heavy atom. The van der Waals surface area contributed by atoms with Crippen molar-refractivity contribution < 1.29 is 9.21 Å². The van der Waals surface area contributed by atoms with Crippen molar-refractivity contribution in [3.63, 3.8) is 0 Å². The minimum atomic E-state index is -0.301. The molecule has 0 saturated heterocycles. The normalized spacial score (nSPS) is 12.5. The Hall–Kier alpha value is -3.35. The number of amides is 1. The minimum Gasteiger partial charge on any atom is -0.459 e. The number of rotatable bonds is 5. The number of furan rings is 1. The Morgan fingerprint density at radius 2 is 2.07 bits per heavy atom. The van der Waals surface area contributed by atoms with E-state index in [-0.39, 0.29) is 29.9 Å². The average Bonchev–Trinajstić information content (AvgIpc) is 3.31. The van der Waals surface area contributed by atoms with E-state index >= 15 is 0 Å². The highest BCUT2D eigenvalue weighted by Crippen LogP contribution is 2.18. The van der Waals surface area contributed by atoms with Gasteiger partial charge in [0.2, 0.25) is 0 Å². The van der Waals surface area contributed by atoms with Crippen molar-refractivity contribution in [3.8, 4) is 0 Å². The topological polar surface area (TPSA) is 81.5 Å². The molecule has 0 aliphatic heterocycles. The van der Waals surface area contributed by atoms with Gasteiger partial charge >= 0.3 is 5.69 Å². The number of hydrogen-bond acceptors (Lipinski definition) is 4. The van der Waals surface area contributed by atoms with Crippen LogP contribution in [0.5, 0.6) is 0 Å². The van der Waals surface area contributed by atoms with E-state index in [1.54, 1.807) is 16.5 Å². The lowest BCUT2D eigenvalue weighted by molar-refractivity contribution is 0.0902. The quantitative estimate of drug-likeness (QED) is 0.590. The Balaban J connectivity index is 1.70. The lowest BCUT2D eigenvalue weighted by atomic mass is 10.1. The monoisotopic (exact) mass is 364 g/mol. The number of nitrogens with one attached hydrogen (secondary N) is 1. The molecule has 4 rings (SSSR count). The first-order valence-corrected chi connectivity index (χ1v) is 8.90. The van der Waals surface area contributed by atoms with Gasteiger partial charge in [0, 0.05) is 6.04 Å². The van der Waals surface area contributed by atoms with E-state index in [1.165, 1.54) is 10.9 Å². The van der Waals surface area contributed by atoms with E-state index in [4.69, 9.17) is 4.42 Å². The highest BCUT2D eigenvalue weighted by Gasteiger charge is 2.18. The summed E-state index contributed by atoms with van der Waals surface area (Å²) in [5.41, 5.74) is 2.17. The second-order valence-corrected chi connectivity index (χ2v) is 6.57. The van der Waals surface area contributed by atoms with Gasteiger partial charge in [0.25, 0.3) is 5.91 Å². The molecule has 1 N–H and O–H groups in total. The van der Waals surface area contributed by atoms with E-state index in [1.807, 2.05) is 44.2 Å². The number of aromatic nitrogens is 3. The van der Waals surface area contributed by atoms with Gasteiger partial charge in [-0.05, 0) is 48.6 Å². The largest absolute Gasteiger partial charge is 0.459 e. The second kappa shape index (κ2) is 6.75. The number of aryl methyl sites for hydroxylation is 1. The van der Waals surface area contributed by atoms with Crippen LogP contribution in [0.1, 0.15) is 29.5 Å².